The minimum Gasteiger partial charge on any atom is -0.493 e. The fourth-order valence-corrected chi connectivity index (χ4v) is 4.55. The van der Waals surface area contributed by atoms with Gasteiger partial charge in [0.05, 0.1) is 45.1 Å². The van der Waals surface area contributed by atoms with Crippen molar-refractivity contribution in [1.29, 1.82) is 0 Å². The van der Waals surface area contributed by atoms with Crippen molar-refractivity contribution in [1.82, 2.24) is 20.2 Å². The number of hydrogen-bond acceptors (Lipinski definition) is 10. The second-order valence-electron chi connectivity index (χ2n) is 9.22. The number of hydrogen-bond donors (Lipinski definition) is 1. The van der Waals surface area contributed by atoms with E-state index in [1.165, 1.54) is 14.2 Å². The van der Waals surface area contributed by atoms with E-state index in [1.54, 1.807) is 69.3 Å². The number of cyclic esters (lactones) is 1. The molecule has 43 heavy (non-hydrogen) atoms. The van der Waals surface area contributed by atoms with Gasteiger partial charge in [0.25, 0.3) is 5.56 Å². The number of ether oxygens (including phenoxy) is 5. The summed E-state index contributed by atoms with van der Waals surface area (Å²) in [5.74, 6) is 2.22. The Kier molecular flexibility index (Phi) is 8.61. The van der Waals surface area contributed by atoms with Gasteiger partial charge in [-0.25, -0.2) is 9.89 Å². The highest BCUT2D eigenvalue weighted by Gasteiger charge is 2.29. The monoisotopic (exact) mass is 580 g/mol. The lowest BCUT2D eigenvalue weighted by Gasteiger charge is -2.11. The van der Waals surface area contributed by atoms with Crippen molar-refractivity contribution in [3.05, 3.63) is 112 Å². The Morgan fingerprint density at radius 1 is 0.721 bits per heavy atom. The van der Waals surface area contributed by atoms with Gasteiger partial charge in [-0.15, -0.1) is 0 Å². The van der Waals surface area contributed by atoms with Gasteiger partial charge in [0.1, 0.15) is 5.76 Å². The fraction of sp³-hybridized carbons (Fsp3) is 0.156. The Morgan fingerprint density at radius 2 is 1.26 bits per heavy atom. The molecule has 0 aliphatic carbocycles. The summed E-state index contributed by atoms with van der Waals surface area (Å²) in [4.78, 5) is 31.9. The molecule has 0 atom stereocenters. The minimum atomic E-state index is -0.397. The number of carbonyl (C=O) groups excluding carboxylic acids is 1. The predicted octanol–water partition coefficient (Wildman–Crippen LogP) is 4.69. The molecule has 1 N–H and O–H groups in total. The van der Waals surface area contributed by atoms with Crippen LogP contribution in [0.3, 0.4) is 0 Å². The third-order valence-electron chi connectivity index (χ3n) is 6.71. The summed E-state index contributed by atoms with van der Waals surface area (Å²) < 4.78 is 26.4. The van der Waals surface area contributed by atoms with E-state index in [4.69, 9.17) is 23.7 Å². The van der Waals surface area contributed by atoms with Gasteiger partial charge in [-0.2, -0.15) is 5.10 Å². The molecule has 0 spiro atoms. The van der Waals surface area contributed by atoms with Gasteiger partial charge in [-0.05, 0) is 65.7 Å². The summed E-state index contributed by atoms with van der Waals surface area (Å²) in [7, 11) is 6.18. The van der Waals surface area contributed by atoms with Crippen molar-refractivity contribution >= 4 is 28.6 Å². The molecule has 5 aromatic rings. The Labute approximate surface area is 246 Å². The van der Waals surface area contributed by atoms with Gasteiger partial charge in [0, 0.05) is 42.2 Å². The molecule has 6 rings (SSSR count). The molecule has 11 nitrogen and oxygen atoms in total. The largest absolute Gasteiger partial charge is 0.493 e. The average Bonchev–Trinajstić information content (AvgIpc) is 3.35. The highest BCUT2D eigenvalue weighted by molar-refractivity contribution is 6.06. The van der Waals surface area contributed by atoms with Crippen molar-refractivity contribution in [2.45, 2.75) is 6.42 Å². The normalized spacial score (nSPS) is 12.7. The molecule has 218 valence electrons. The molecule has 1 aliphatic rings. The van der Waals surface area contributed by atoms with Crippen molar-refractivity contribution < 1.29 is 28.5 Å². The van der Waals surface area contributed by atoms with Crippen LogP contribution in [0.5, 0.6) is 23.0 Å². The van der Waals surface area contributed by atoms with E-state index in [0.717, 1.165) is 22.2 Å². The van der Waals surface area contributed by atoms with Crippen molar-refractivity contribution in [2.24, 2.45) is 0 Å². The minimum absolute atomic E-state index is 0.255. The summed E-state index contributed by atoms with van der Waals surface area (Å²) in [5, 5.41) is 7.99. The van der Waals surface area contributed by atoms with Gasteiger partial charge in [0.2, 0.25) is 0 Å². The SMILES string of the molecule is COc1cc2c(Cc3ccncc3)n[nH]c(=O)c2cc1OC.COc1cc2c(cc1OC)C(=Cc1ccncc1)OC2=O. The summed E-state index contributed by atoms with van der Waals surface area (Å²) in [5.41, 5.74) is 3.62. The second kappa shape index (κ2) is 12.9. The van der Waals surface area contributed by atoms with Gasteiger partial charge in [-0.3, -0.25) is 14.8 Å². The molecule has 3 aromatic heterocycles. The summed E-state index contributed by atoms with van der Waals surface area (Å²) in [6.45, 7) is 0. The average molecular weight is 581 g/mol. The summed E-state index contributed by atoms with van der Waals surface area (Å²) in [6.07, 6.45) is 9.19. The molecule has 0 amide bonds. The molecule has 0 saturated heterocycles. The van der Waals surface area contributed by atoms with Gasteiger partial charge >= 0.3 is 5.97 Å². The number of fused-ring (bicyclic) bond motifs is 2. The maximum atomic E-state index is 12.0. The van der Waals surface area contributed by atoms with Crippen LogP contribution in [-0.2, 0) is 11.2 Å². The topological polar surface area (TPSA) is 135 Å². The van der Waals surface area contributed by atoms with E-state index in [2.05, 4.69) is 20.2 Å². The number of H-pyrrole nitrogens is 1. The van der Waals surface area contributed by atoms with Crippen molar-refractivity contribution in [3.8, 4) is 23.0 Å². The maximum Gasteiger partial charge on any atom is 0.344 e. The number of aromatic amines is 1. The molecule has 1 aliphatic heterocycles. The van der Waals surface area contributed by atoms with E-state index >= 15 is 0 Å². The Morgan fingerprint density at radius 3 is 1.86 bits per heavy atom. The van der Waals surface area contributed by atoms with Crippen LogP contribution < -0.4 is 24.5 Å². The molecule has 0 unspecified atom stereocenters. The first-order valence-corrected chi connectivity index (χ1v) is 13.1. The molecule has 2 aromatic carbocycles. The molecule has 0 saturated carbocycles. The number of pyridine rings is 2. The quantitative estimate of drug-likeness (QED) is 0.270. The zero-order valence-electron chi connectivity index (χ0n) is 23.9. The van der Waals surface area contributed by atoms with Crippen LogP contribution in [-0.4, -0.2) is 54.6 Å². The van der Waals surface area contributed by atoms with E-state index in [-0.39, 0.29) is 5.56 Å². The van der Waals surface area contributed by atoms with Crippen LogP contribution in [0.25, 0.3) is 22.6 Å². The number of esters is 1. The number of aromatic nitrogens is 4. The van der Waals surface area contributed by atoms with E-state index in [0.29, 0.717) is 51.7 Å². The van der Waals surface area contributed by atoms with Crippen LogP contribution in [0.2, 0.25) is 0 Å². The number of nitrogens with one attached hydrogen (secondary N) is 1. The van der Waals surface area contributed by atoms with Gasteiger partial charge < -0.3 is 23.7 Å². The third-order valence-corrected chi connectivity index (χ3v) is 6.71. The molecular weight excluding hydrogens is 552 g/mol. The number of nitrogens with zero attached hydrogens (tertiary/aromatic N) is 3. The Bertz CT molecular complexity index is 1860. The first kappa shape index (κ1) is 28.8. The lowest BCUT2D eigenvalue weighted by Crippen LogP contribution is -2.12. The van der Waals surface area contributed by atoms with Crippen LogP contribution in [0, 0.1) is 0 Å². The maximum absolute atomic E-state index is 12.0. The highest BCUT2D eigenvalue weighted by Crippen LogP contribution is 2.39. The van der Waals surface area contributed by atoms with Crippen LogP contribution in [0.4, 0.5) is 0 Å². The van der Waals surface area contributed by atoms with Crippen molar-refractivity contribution in [3.63, 3.8) is 0 Å². The zero-order valence-corrected chi connectivity index (χ0v) is 23.9. The van der Waals surface area contributed by atoms with E-state index in [1.807, 2.05) is 24.3 Å². The number of rotatable bonds is 7. The Balaban J connectivity index is 0.000000171. The zero-order chi connectivity index (χ0) is 30.3. The number of benzene rings is 2. The number of carbonyl (C=O) groups is 1. The lowest BCUT2D eigenvalue weighted by molar-refractivity contribution is 0.0717. The lowest BCUT2D eigenvalue weighted by atomic mass is 10.0. The second-order valence-corrected chi connectivity index (χ2v) is 9.22. The molecule has 0 bridgehead atoms. The third kappa shape index (κ3) is 6.15. The van der Waals surface area contributed by atoms with Gasteiger partial charge in [-0.1, -0.05) is 0 Å². The predicted molar refractivity (Wildman–Crippen MR) is 160 cm³/mol. The smallest absolute Gasteiger partial charge is 0.344 e. The fourth-order valence-electron chi connectivity index (χ4n) is 4.55. The molecule has 4 heterocycles. The van der Waals surface area contributed by atoms with Gasteiger partial charge in [0.15, 0.2) is 23.0 Å². The molecular formula is C32H28N4O7. The van der Waals surface area contributed by atoms with E-state index < -0.39 is 5.97 Å². The Hall–Kier alpha value is -5.71. The van der Waals surface area contributed by atoms with E-state index in [9.17, 15) is 9.59 Å². The molecule has 0 fully saturated rings. The van der Waals surface area contributed by atoms with Crippen LogP contribution >= 0.6 is 0 Å². The van der Waals surface area contributed by atoms with Crippen LogP contribution in [0.1, 0.15) is 32.7 Å². The first-order valence-electron chi connectivity index (χ1n) is 13.1. The summed E-state index contributed by atoms with van der Waals surface area (Å²) >= 11 is 0. The number of methoxy groups -OCH3 is 4. The standard InChI is InChI=1S/C16H15N3O3.C16H13NO4/c1-21-14-8-11-12(9-15(14)22-2)16(20)19-18-13(11)7-10-3-5-17-6-4-10;1-19-14-8-11-12(9-15(14)20-2)16(18)21-13(11)7-10-3-5-17-6-4-10/h3-6,8-9H,7H2,1-2H3,(H,19,20);3-9H,1-2H3. The van der Waals surface area contributed by atoms with Crippen LogP contribution in [0.15, 0.2) is 78.1 Å². The van der Waals surface area contributed by atoms with Crippen molar-refractivity contribution in [2.75, 3.05) is 28.4 Å². The summed E-state index contributed by atoms with van der Waals surface area (Å²) in [6, 6.07) is 14.3. The molecule has 0 radical (unpaired) electrons. The molecule has 11 heteroatoms. The highest BCUT2D eigenvalue weighted by atomic mass is 16.5. The first-order chi connectivity index (χ1) is 20.9.